The summed E-state index contributed by atoms with van der Waals surface area (Å²) in [6, 6.07) is 4.05. The Balaban J connectivity index is 1.64. The number of rotatable bonds is 6. The Hall–Kier alpha value is -1.50. The SMILES string of the molecule is COc1cc(C(=O)N2CCN(C3CCCN(C)C3)CC2)cc(Cl)c1OCC(C)C. The highest BCUT2D eigenvalue weighted by Gasteiger charge is 2.29. The Morgan fingerprint density at radius 1 is 1.21 bits per heavy atom. The van der Waals surface area contributed by atoms with E-state index in [0.29, 0.717) is 40.7 Å². The molecule has 3 rings (SSSR count). The van der Waals surface area contributed by atoms with Crippen molar-refractivity contribution >= 4 is 17.5 Å². The Morgan fingerprint density at radius 2 is 1.93 bits per heavy atom. The summed E-state index contributed by atoms with van der Waals surface area (Å²) in [6.45, 7) is 10.3. The number of likely N-dealkylation sites (tertiary alicyclic amines) is 1. The molecule has 1 aromatic rings. The molecule has 162 valence electrons. The Morgan fingerprint density at radius 3 is 2.55 bits per heavy atom. The molecule has 7 heteroatoms. The number of methoxy groups -OCH3 is 1. The molecule has 0 N–H and O–H groups in total. The van der Waals surface area contributed by atoms with Gasteiger partial charge in [0.1, 0.15) is 0 Å². The first-order chi connectivity index (χ1) is 13.9. The fourth-order valence-electron chi connectivity index (χ4n) is 4.14. The summed E-state index contributed by atoms with van der Waals surface area (Å²) in [5.74, 6) is 1.38. The van der Waals surface area contributed by atoms with E-state index in [1.165, 1.54) is 19.4 Å². The van der Waals surface area contributed by atoms with Crippen molar-refractivity contribution in [2.45, 2.75) is 32.7 Å². The third kappa shape index (κ3) is 5.56. The summed E-state index contributed by atoms with van der Waals surface area (Å²) in [4.78, 5) is 19.9. The second-order valence-corrected chi connectivity index (χ2v) is 8.99. The van der Waals surface area contributed by atoms with Crippen molar-refractivity contribution in [3.05, 3.63) is 22.7 Å². The number of ether oxygens (including phenoxy) is 2. The predicted octanol–water partition coefficient (Wildman–Crippen LogP) is 3.24. The smallest absolute Gasteiger partial charge is 0.254 e. The summed E-state index contributed by atoms with van der Waals surface area (Å²) in [5, 5.41) is 0.414. The number of nitrogens with zero attached hydrogens (tertiary/aromatic N) is 3. The van der Waals surface area contributed by atoms with Crippen LogP contribution in [0, 0.1) is 5.92 Å². The van der Waals surface area contributed by atoms with Crippen LogP contribution in [0.15, 0.2) is 12.1 Å². The van der Waals surface area contributed by atoms with Gasteiger partial charge in [-0.05, 0) is 44.5 Å². The zero-order chi connectivity index (χ0) is 21.0. The molecule has 2 heterocycles. The van der Waals surface area contributed by atoms with Gasteiger partial charge < -0.3 is 19.3 Å². The molecule has 2 saturated heterocycles. The molecular weight excluding hydrogens is 390 g/mol. The average molecular weight is 424 g/mol. The first-order valence-corrected chi connectivity index (χ1v) is 11.0. The molecule has 0 spiro atoms. The quantitative estimate of drug-likeness (QED) is 0.702. The zero-order valence-electron chi connectivity index (χ0n) is 18.1. The monoisotopic (exact) mass is 423 g/mol. The number of piperidine rings is 1. The second-order valence-electron chi connectivity index (χ2n) is 8.58. The first-order valence-electron chi connectivity index (χ1n) is 10.6. The van der Waals surface area contributed by atoms with Crippen LogP contribution in [-0.2, 0) is 0 Å². The molecule has 1 aromatic carbocycles. The lowest BCUT2D eigenvalue weighted by atomic mass is 10.0. The van der Waals surface area contributed by atoms with E-state index in [2.05, 4.69) is 30.7 Å². The van der Waals surface area contributed by atoms with Crippen LogP contribution in [0.3, 0.4) is 0 Å². The fourth-order valence-corrected chi connectivity index (χ4v) is 4.41. The van der Waals surface area contributed by atoms with E-state index in [4.69, 9.17) is 21.1 Å². The summed E-state index contributed by atoms with van der Waals surface area (Å²) >= 11 is 6.43. The van der Waals surface area contributed by atoms with Gasteiger partial charge in [-0.25, -0.2) is 0 Å². The molecule has 1 amide bonds. The van der Waals surface area contributed by atoms with Crippen molar-refractivity contribution in [1.82, 2.24) is 14.7 Å². The lowest BCUT2D eigenvalue weighted by Crippen LogP contribution is -2.55. The Kier molecular flexibility index (Phi) is 7.66. The number of hydrogen-bond acceptors (Lipinski definition) is 5. The van der Waals surface area contributed by atoms with Crippen LogP contribution in [0.2, 0.25) is 5.02 Å². The number of likely N-dealkylation sites (N-methyl/N-ethyl adjacent to an activating group) is 1. The van der Waals surface area contributed by atoms with Gasteiger partial charge in [0.25, 0.3) is 5.91 Å². The molecule has 0 aliphatic carbocycles. The molecule has 0 bridgehead atoms. The number of carbonyl (C=O) groups excluding carboxylic acids is 1. The Labute approximate surface area is 179 Å². The molecule has 2 aliphatic rings. The van der Waals surface area contributed by atoms with Gasteiger partial charge in [0.15, 0.2) is 11.5 Å². The fraction of sp³-hybridized carbons (Fsp3) is 0.682. The number of hydrogen-bond donors (Lipinski definition) is 0. The van der Waals surface area contributed by atoms with Crippen LogP contribution in [0.4, 0.5) is 0 Å². The maximum Gasteiger partial charge on any atom is 0.254 e. The van der Waals surface area contributed by atoms with Crippen LogP contribution in [-0.4, -0.2) is 86.7 Å². The van der Waals surface area contributed by atoms with Crippen LogP contribution < -0.4 is 9.47 Å². The van der Waals surface area contributed by atoms with Gasteiger partial charge in [0, 0.05) is 44.3 Å². The van der Waals surface area contributed by atoms with Crippen molar-refractivity contribution in [2.75, 3.05) is 60.0 Å². The van der Waals surface area contributed by atoms with E-state index in [-0.39, 0.29) is 5.91 Å². The minimum Gasteiger partial charge on any atom is -0.493 e. The van der Waals surface area contributed by atoms with Crippen molar-refractivity contribution in [1.29, 1.82) is 0 Å². The largest absolute Gasteiger partial charge is 0.493 e. The van der Waals surface area contributed by atoms with Crippen molar-refractivity contribution in [3.8, 4) is 11.5 Å². The topological polar surface area (TPSA) is 45.2 Å². The second kappa shape index (κ2) is 10.0. The molecule has 2 aliphatic heterocycles. The molecule has 0 aromatic heterocycles. The molecule has 29 heavy (non-hydrogen) atoms. The molecule has 1 atom stereocenters. The molecule has 2 fully saturated rings. The van der Waals surface area contributed by atoms with Crippen molar-refractivity contribution in [2.24, 2.45) is 5.92 Å². The number of halogens is 1. The van der Waals surface area contributed by atoms with Gasteiger partial charge in [-0.2, -0.15) is 0 Å². The van der Waals surface area contributed by atoms with E-state index in [1.807, 2.05) is 4.90 Å². The molecule has 6 nitrogen and oxygen atoms in total. The van der Waals surface area contributed by atoms with E-state index in [9.17, 15) is 4.79 Å². The summed E-state index contributed by atoms with van der Waals surface area (Å²) in [5.41, 5.74) is 0.551. The van der Waals surface area contributed by atoms with Crippen molar-refractivity contribution in [3.63, 3.8) is 0 Å². The number of carbonyl (C=O) groups is 1. The third-order valence-corrected chi connectivity index (χ3v) is 6.04. The van der Waals surface area contributed by atoms with Crippen LogP contribution in [0.25, 0.3) is 0 Å². The number of piperazine rings is 1. The van der Waals surface area contributed by atoms with E-state index >= 15 is 0 Å². The van der Waals surface area contributed by atoms with Gasteiger partial charge in [-0.1, -0.05) is 25.4 Å². The van der Waals surface area contributed by atoms with Crippen molar-refractivity contribution < 1.29 is 14.3 Å². The highest BCUT2D eigenvalue weighted by atomic mass is 35.5. The lowest BCUT2D eigenvalue weighted by Gasteiger charge is -2.42. The van der Waals surface area contributed by atoms with Crippen LogP contribution in [0.5, 0.6) is 11.5 Å². The maximum atomic E-state index is 13.1. The van der Waals surface area contributed by atoms with Gasteiger partial charge in [0.2, 0.25) is 0 Å². The van der Waals surface area contributed by atoms with E-state index < -0.39 is 0 Å². The normalized spacial score (nSPS) is 21.4. The minimum atomic E-state index is 0.000946. The first kappa shape index (κ1) is 22.2. The number of benzene rings is 1. The summed E-state index contributed by atoms with van der Waals surface area (Å²) < 4.78 is 11.2. The van der Waals surface area contributed by atoms with Crippen LogP contribution in [0.1, 0.15) is 37.0 Å². The summed E-state index contributed by atoms with van der Waals surface area (Å²) in [6.07, 6.45) is 2.51. The minimum absolute atomic E-state index is 0.000946. The number of amides is 1. The molecule has 0 radical (unpaired) electrons. The summed E-state index contributed by atoms with van der Waals surface area (Å²) in [7, 11) is 3.76. The zero-order valence-corrected chi connectivity index (χ0v) is 18.9. The highest BCUT2D eigenvalue weighted by Crippen LogP contribution is 2.37. The Bertz CT molecular complexity index is 705. The third-order valence-electron chi connectivity index (χ3n) is 5.75. The van der Waals surface area contributed by atoms with Gasteiger partial charge in [0.05, 0.1) is 18.7 Å². The molecule has 0 saturated carbocycles. The van der Waals surface area contributed by atoms with Gasteiger partial charge >= 0.3 is 0 Å². The predicted molar refractivity (Wildman–Crippen MR) is 116 cm³/mol. The maximum absolute atomic E-state index is 13.1. The van der Waals surface area contributed by atoms with Gasteiger partial charge in [-0.3, -0.25) is 9.69 Å². The van der Waals surface area contributed by atoms with E-state index in [0.717, 1.165) is 32.7 Å². The highest BCUT2D eigenvalue weighted by molar-refractivity contribution is 6.32. The standard InChI is InChI=1S/C22H34ClN3O3/c1-16(2)15-29-21-19(23)12-17(13-20(21)28-4)22(27)26-10-8-25(9-11-26)18-6-5-7-24(3)14-18/h12-13,16,18H,5-11,14-15H2,1-4H3. The average Bonchev–Trinajstić information content (AvgIpc) is 2.71. The lowest BCUT2D eigenvalue weighted by molar-refractivity contribution is 0.0452. The molecule has 1 unspecified atom stereocenters. The molecular formula is C22H34ClN3O3. The van der Waals surface area contributed by atoms with Crippen LogP contribution >= 0.6 is 11.6 Å². The van der Waals surface area contributed by atoms with E-state index in [1.54, 1.807) is 19.2 Å². The van der Waals surface area contributed by atoms with Gasteiger partial charge in [-0.15, -0.1) is 0 Å².